The Morgan fingerprint density at radius 3 is 2.23 bits per heavy atom. The molecule has 0 bridgehead atoms. The minimum absolute atomic E-state index is 0.145. The van der Waals surface area contributed by atoms with Crippen molar-refractivity contribution in [2.45, 2.75) is 40.6 Å². The molecular formula is C22H24O8. The molecule has 2 aromatic rings. The first kappa shape index (κ1) is 21.4. The second-order valence-corrected chi connectivity index (χ2v) is 7.12. The Hall–Kier alpha value is -3.26. The number of esters is 1. The van der Waals surface area contributed by atoms with Crippen LogP contribution in [0.5, 0.6) is 28.7 Å². The molecule has 0 amide bonds. The lowest BCUT2D eigenvalue weighted by Gasteiger charge is -2.20. The highest BCUT2D eigenvalue weighted by Gasteiger charge is 2.29. The molecule has 1 atom stereocenters. The number of carbonyl (C=O) groups excluding carboxylic acids is 2. The van der Waals surface area contributed by atoms with Crippen LogP contribution in [0.1, 0.15) is 34.1 Å². The minimum atomic E-state index is -0.955. The van der Waals surface area contributed by atoms with Gasteiger partial charge in [0.1, 0.15) is 11.5 Å². The first-order valence-corrected chi connectivity index (χ1v) is 9.62. The van der Waals surface area contributed by atoms with Crippen molar-refractivity contribution in [2.24, 2.45) is 5.41 Å². The predicted molar refractivity (Wildman–Crippen MR) is 106 cm³/mol. The number of para-hydroxylation sites is 1. The molecule has 8 nitrogen and oxygen atoms in total. The van der Waals surface area contributed by atoms with Gasteiger partial charge in [-0.05, 0) is 63.6 Å². The van der Waals surface area contributed by atoms with Crippen LogP contribution in [-0.2, 0) is 9.53 Å². The molecule has 2 aromatic carbocycles. The minimum Gasteiger partial charge on any atom is -0.428 e. The molecular weight excluding hydrogens is 392 g/mol. The maximum atomic E-state index is 12.2. The van der Waals surface area contributed by atoms with E-state index in [-0.39, 0.29) is 23.2 Å². The molecule has 0 spiro atoms. The summed E-state index contributed by atoms with van der Waals surface area (Å²) < 4.78 is 32.0. The van der Waals surface area contributed by atoms with Crippen LogP contribution in [0.4, 0.5) is 4.79 Å². The van der Waals surface area contributed by atoms with Gasteiger partial charge in [0.05, 0.1) is 12.0 Å². The van der Waals surface area contributed by atoms with Gasteiger partial charge in [-0.2, -0.15) is 0 Å². The summed E-state index contributed by atoms with van der Waals surface area (Å²) in [4.78, 5) is 24.3. The summed E-state index contributed by atoms with van der Waals surface area (Å²) in [6, 6.07) is 11.0. The van der Waals surface area contributed by atoms with Crippen molar-refractivity contribution in [3.8, 4) is 28.7 Å². The van der Waals surface area contributed by atoms with Gasteiger partial charge in [-0.1, -0.05) is 13.0 Å². The Labute approximate surface area is 174 Å². The molecule has 1 aliphatic heterocycles. The van der Waals surface area contributed by atoms with Gasteiger partial charge in [0.25, 0.3) is 0 Å². The Kier molecular flexibility index (Phi) is 6.47. The van der Waals surface area contributed by atoms with Crippen molar-refractivity contribution in [3.05, 3.63) is 42.5 Å². The highest BCUT2D eigenvalue weighted by Crippen LogP contribution is 2.42. The first-order valence-electron chi connectivity index (χ1n) is 9.62. The molecule has 1 unspecified atom stereocenters. The van der Waals surface area contributed by atoms with Crippen molar-refractivity contribution >= 4 is 12.1 Å². The van der Waals surface area contributed by atoms with E-state index in [4.69, 9.17) is 28.4 Å². The molecule has 1 heterocycles. The lowest BCUT2D eigenvalue weighted by Crippen LogP contribution is -2.28. The fourth-order valence-electron chi connectivity index (χ4n) is 2.39. The average molecular weight is 416 g/mol. The lowest BCUT2D eigenvalue weighted by molar-refractivity contribution is -0.173. The van der Waals surface area contributed by atoms with Crippen molar-refractivity contribution in [3.63, 3.8) is 0 Å². The van der Waals surface area contributed by atoms with E-state index < -0.39 is 18.0 Å². The van der Waals surface area contributed by atoms with Gasteiger partial charge in [-0.15, -0.1) is 0 Å². The average Bonchev–Trinajstić information content (AvgIpc) is 3.13. The summed E-state index contributed by atoms with van der Waals surface area (Å²) >= 11 is 0. The van der Waals surface area contributed by atoms with E-state index >= 15 is 0 Å². The SMILES string of the molecule is CCOC1Oc2cccc(OC(=O)Oc3ccc(OC(=O)C(C)(C)CC)cc3)c2O1. The number of hydrogen-bond acceptors (Lipinski definition) is 8. The van der Waals surface area contributed by atoms with E-state index in [0.29, 0.717) is 24.5 Å². The number of benzene rings is 2. The Morgan fingerprint density at radius 1 is 0.933 bits per heavy atom. The van der Waals surface area contributed by atoms with Gasteiger partial charge >= 0.3 is 18.6 Å². The quantitative estimate of drug-likeness (QED) is 0.365. The van der Waals surface area contributed by atoms with Crippen LogP contribution in [0.25, 0.3) is 0 Å². The molecule has 30 heavy (non-hydrogen) atoms. The van der Waals surface area contributed by atoms with Crippen LogP contribution in [0, 0.1) is 5.41 Å². The smallest absolute Gasteiger partial charge is 0.428 e. The third-order valence-corrected chi connectivity index (χ3v) is 4.55. The van der Waals surface area contributed by atoms with E-state index in [0.717, 1.165) is 0 Å². The van der Waals surface area contributed by atoms with Crippen molar-refractivity contribution in [2.75, 3.05) is 6.61 Å². The maximum absolute atomic E-state index is 12.2. The molecule has 0 aromatic heterocycles. The zero-order chi connectivity index (χ0) is 21.7. The zero-order valence-corrected chi connectivity index (χ0v) is 17.3. The molecule has 0 saturated carbocycles. The van der Waals surface area contributed by atoms with Crippen molar-refractivity contribution in [1.82, 2.24) is 0 Å². The number of ether oxygens (including phenoxy) is 6. The molecule has 3 rings (SSSR count). The van der Waals surface area contributed by atoms with Crippen LogP contribution in [-0.4, -0.2) is 25.2 Å². The first-order chi connectivity index (χ1) is 14.3. The van der Waals surface area contributed by atoms with Gasteiger partial charge in [0.15, 0.2) is 11.5 Å². The monoisotopic (exact) mass is 416 g/mol. The van der Waals surface area contributed by atoms with E-state index in [2.05, 4.69) is 0 Å². The van der Waals surface area contributed by atoms with E-state index in [9.17, 15) is 9.59 Å². The summed E-state index contributed by atoms with van der Waals surface area (Å²) in [5.74, 6) is 1.06. The van der Waals surface area contributed by atoms with Crippen LogP contribution >= 0.6 is 0 Å². The predicted octanol–water partition coefficient (Wildman–Crippen LogP) is 4.70. The van der Waals surface area contributed by atoms with Crippen molar-refractivity contribution in [1.29, 1.82) is 0 Å². The summed E-state index contributed by atoms with van der Waals surface area (Å²) in [5, 5.41) is 0. The lowest BCUT2D eigenvalue weighted by atomic mass is 9.91. The Bertz CT molecular complexity index is 904. The summed E-state index contributed by atoms with van der Waals surface area (Å²) in [7, 11) is 0. The number of rotatable bonds is 7. The Balaban J connectivity index is 1.59. The third kappa shape index (κ3) is 5.01. The second kappa shape index (κ2) is 9.04. The van der Waals surface area contributed by atoms with Crippen LogP contribution in [0.2, 0.25) is 0 Å². The summed E-state index contributed by atoms with van der Waals surface area (Å²) in [5.41, 5.74) is -0.581. The molecule has 0 aliphatic carbocycles. The van der Waals surface area contributed by atoms with Gasteiger partial charge in [-0.25, -0.2) is 4.79 Å². The highest BCUT2D eigenvalue weighted by atomic mass is 16.9. The molecule has 8 heteroatoms. The Morgan fingerprint density at radius 2 is 1.60 bits per heavy atom. The van der Waals surface area contributed by atoms with Crippen molar-refractivity contribution < 1.29 is 38.0 Å². The molecule has 0 fully saturated rings. The van der Waals surface area contributed by atoms with Crippen LogP contribution in [0.3, 0.4) is 0 Å². The molecule has 0 radical (unpaired) electrons. The maximum Gasteiger partial charge on any atom is 0.519 e. The third-order valence-electron chi connectivity index (χ3n) is 4.55. The van der Waals surface area contributed by atoms with Crippen LogP contribution < -0.4 is 23.7 Å². The molecule has 0 N–H and O–H groups in total. The fourth-order valence-corrected chi connectivity index (χ4v) is 2.39. The van der Waals surface area contributed by atoms with E-state index in [1.54, 1.807) is 25.1 Å². The molecule has 160 valence electrons. The van der Waals surface area contributed by atoms with Gasteiger partial charge < -0.3 is 28.4 Å². The number of carbonyl (C=O) groups is 2. The second-order valence-electron chi connectivity index (χ2n) is 7.12. The zero-order valence-electron chi connectivity index (χ0n) is 17.3. The van der Waals surface area contributed by atoms with Gasteiger partial charge in [0.2, 0.25) is 5.75 Å². The fraction of sp³-hybridized carbons (Fsp3) is 0.364. The highest BCUT2D eigenvalue weighted by molar-refractivity contribution is 5.78. The number of hydrogen-bond donors (Lipinski definition) is 0. The standard InChI is InChI=1S/C22H24O8/c1-5-22(3,4)19(23)26-14-10-12-15(13-11-14)27-20(24)28-16-8-7-9-17-18(16)30-21(29-17)25-6-2/h7-13,21H,5-6H2,1-4H3. The van der Waals surface area contributed by atoms with E-state index in [1.165, 1.54) is 24.3 Å². The largest absolute Gasteiger partial charge is 0.519 e. The van der Waals surface area contributed by atoms with Crippen LogP contribution in [0.15, 0.2) is 42.5 Å². The van der Waals surface area contributed by atoms with Gasteiger partial charge in [-0.3, -0.25) is 4.79 Å². The molecule has 1 aliphatic rings. The topological polar surface area (TPSA) is 89.5 Å². The normalized spacial score (nSPS) is 14.9. The molecule has 0 saturated heterocycles. The summed E-state index contributed by atoms with van der Waals surface area (Å²) in [6.07, 6.45) is -0.300. The van der Waals surface area contributed by atoms with Gasteiger partial charge in [0, 0.05) is 0 Å². The van der Waals surface area contributed by atoms with E-state index in [1.807, 2.05) is 20.8 Å². The summed E-state index contributed by atoms with van der Waals surface area (Å²) in [6.45, 7) is 6.86. The number of fused-ring (bicyclic) bond motifs is 1.